The number of carboxylic acids is 1. The van der Waals surface area contributed by atoms with Crippen molar-refractivity contribution < 1.29 is 23.1 Å². The molecule has 1 aliphatic rings. The number of carbonyl (C=O) groups is 2. The SMILES string of the molecule is CC(C)(CCNC(=O)N1CCS(=O)(=O)CC1)CCC(=O)O. The van der Waals surface area contributed by atoms with E-state index in [-0.39, 0.29) is 42.5 Å². The van der Waals surface area contributed by atoms with E-state index in [9.17, 15) is 18.0 Å². The van der Waals surface area contributed by atoms with Gasteiger partial charge < -0.3 is 15.3 Å². The number of nitrogens with one attached hydrogen (secondary N) is 1. The molecule has 0 atom stereocenters. The quantitative estimate of drug-likeness (QED) is 0.750. The lowest BCUT2D eigenvalue weighted by molar-refractivity contribution is -0.137. The first kappa shape index (κ1) is 17.7. The van der Waals surface area contributed by atoms with E-state index in [0.29, 0.717) is 19.4 Å². The van der Waals surface area contributed by atoms with Crippen molar-refractivity contribution >= 4 is 21.8 Å². The maximum atomic E-state index is 11.9. The number of rotatable bonds is 6. The molecule has 0 bridgehead atoms. The third-order valence-corrected chi connectivity index (χ3v) is 5.33. The molecular weight excluding hydrogens is 296 g/mol. The van der Waals surface area contributed by atoms with Gasteiger partial charge in [0.05, 0.1) is 11.5 Å². The molecule has 7 nitrogen and oxygen atoms in total. The van der Waals surface area contributed by atoms with Crippen molar-refractivity contribution in [2.24, 2.45) is 5.41 Å². The van der Waals surface area contributed by atoms with Crippen molar-refractivity contribution in [2.75, 3.05) is 31.1 Å². The summed E-state index contributed by atoms with van der Waals surface area (Å²) in [7, 11) is -2.99. The second-order valence-corrected chi connectivity index (χ2v) is 8.48. The number of carbonyl (C=O) groups excluding carboxylic acids is 1. The van der Waals surface area contributed by atoms with Crippen LogP contribution in [-0.2, 0) is 14.6 Å². The molecule has 21 heavy (non-hydrogen) atoms. The first-order valence-electron chi connectivity index (χ1n) is 7.06. The van der Waals surface area contributed by atoms with Gasteiger partial charge in [-0.2, -0.15) is 0 Å². The molecule has 1 aliphatic heterocycles. The van der Waals surface area contributed by atoms with Crippen LogP contribution < -0.4 is 5.32 Å². The van der Waals surface area contributed by atoms with Crippen LogP contribution in [0.1, 0.15) is 33.1 Å². The Hall–Kier alpha value is -1.31. The van der Waals surface area contributed by atoms with Crippen LogP contribution in [0.5, 0.6) is 0 Å². The van der Waals surface area contributed by atoms with Crippen LogP contribution in [0.2, 0.25) is 0 Å². The molecule has 2 N–H and O–H groups in total. The van der Waals surface area contributed by atoms with E-state index >= 15 is 0 Å². The molecule has 122 valence electrons. The van der Waals surface area contributed by atoms with Gasteiger partial charge in [0.15, 0.2) is 9.84 Å². The minimum atomic E-state index is -2.99. The van der Waals surface area contributed by atoms with Crippen molar-refractivity contribution in [1.29, 1.82) is 0 Å². The van der Waals surface area contributed by atoms with E-state index in [0.717, 1.165) is 0 Å². The van der Waals surface area contributed by atoms with Gasteiger partial charge in [0.2, 0.25) is 0 Å². The van der Waals surface area contributed by atoms with Gasteiger partial charge in [-0.15, -0.1) is 0 Å². The molecule has 0 unspecified atom stereocenters. The number of amides is 2. The molecule has 1 heterocycles. The summed E-state index contributed by atoms with van der Waals surface area (Å²) in [5.74, 6) is -0.781. The van der Waals surface area contributed by atoms with Crippen LogP contribution in [0.4, 0.5) is 4.79 Å². The van der Waals surface area contributed by atoms with Crippen molar-refractivity contribution in [3.05, 3.63) is 0 Å². The molecular formula is C13H24N2O5S. The molecule has 0 spiro atoms. The van der Waals surface area contributed by atoms with E-state index < -0.39 is 15.8 Å². The topological polar surface area (TPSA) is 104 Å². The Labute approximate surface area is 125 Å². The van der Waals surface area contributed by atoms with Gasteiger partial charge >= 0.3 is 12.0 Å². The summed E-state index contributed by atoms with van der Waals surface area (Å²) in [5, 5.41) is 11.4. The third-order valence-electron chi connectivity index (χ3n) is 3.73. The van der Waals surface area contributed by atoms with Gasteiger partial charge in [0, 0.05) is 26.1 Å². The molecule has 0 radical (unpaired) electrons. The van der Waals surface area contributed by atoms with E-state index in [1.54, 1.807) is 0 Å². The zero-order valence-corrected chi connectivity index (χ0v) is 13.4. The Morgan fingerprint density at radius 3 is 2.29 bits per heavy atom. The predicted molar refractivity (Wildman–Crippen MR) is 78.9 cm³/mol. The number of aliphatic carboxylic acids is 1. The van der Waals surface area contributed by atoms with Crippen molar-refractivity contribution in [1.82, 2.24) is 10.2 Å². The fourth-order valence-corrected chi connectivity index (χ4v) is 3.31. The molecule has 1 fully saturated rings. The Kier molecular flexibility index (Phi) is 6.00. The van der Waals surface area contributed by atoms with Gasteiger partial charge in [-0.1, -0.05) is 13.8 Å². The number of sulfone groups is 1. The summed E-state index contributed by atoms with van der Waals surface area (Å²) in [5.41, 5.74) is -0.156. The van der Waals surface area contributed by atoms with Crippen molar-refractivity contribution in [3.63, 3.8) is 0 Å². The number of nitrogens with zero attached hydrogens (tertiary/aromatic N) is 1. The van der Waals surface area contributed by atoms with E-state index in [1.165, 1.54) is 4.90 Å². The molecule has 1 rings (SSSR count). The first-order valence-corrected chi connectivity index (χ1v) is 8.88. The highest BCUT2D eigenvalue weighted by molar-refractivity contribution is 7.91. The Bertz CT molecular complexity index is 473. The maximum Gasteiger partial charge on any atom is 0.317 e. The van der Waals surface area contributed by atoms with Crippen LogP contribution in [0, 0.1) is 5.41 Å². The molecule has 0 aromatic rings. The number of hydrogen-bond donors (Lipinski definition) is 2. The smallest absolute Gasteiger partial charge is 0.317 e. The lowest BCUT2D eigenvalue weighted by Crippen LogP contribution is -2.48. The third kappa shape index (κ3) is 6.79. The van der Waals surface area contributed by atoms with Gasteiger partial charge in [0.25, 0.3) is 0 Å². The fraction of sp³-hybridized carbons (Fsp3) is 0.846. The zero-order valence-electron chi connectivity index (χ0n) is 12.6. The average Bonchev–Trinajstić information content (AvgIpc) is 2.36. The summed E-state index contributed by atoms with van der Waals surface area (Å²) < 4.78 is 22.6. The lowest BCUT2D eigenvalue weighted by Gasteiger charge is -2.28. The molecule has 0 saturated carbocycles. The summed E-state index contributed by atoms with van der Waals surface area (Å²) in [6.45, 7) is 4.85. The number of hydrogen-bond acceptors (Lipinski definition) is 4. The largest absolute Gasteiger partial charge is 0.481 e. The second-order valence-electron chi connectivity index (χ2n) is 6.18. The minimum Gasteiger partial charge on any atom is -0.481 e. The van der Waals surface area contributed by atoms with Crippen molar-refractivity contribution in [3.8, 4) is 0 Å². The predicted octanol–water partition coefficient (Wildman–Crippen LogP) is 0.708. The summed E-state index contributed by atoms with van der Waals surface area (Å²) in [6, 6.07) is -0.251. The molecule has 2 amide bonds. The van der Waals surface area contributed by atoms with E-state index in [2.05, 4.69) is 5.32 Å². The normalized spacial score (nSPS) is 18.3. The molecule has 8 heteroatoms. The van der Waals surface area contributed by atoms with Crippen LogP contribution in [0.15, 0.2) is 0 Å². The number of carboxylic acid groups (broad SMARTS) is 1. The summed E-state index contributed by atoms with van der Waals surface area (Å²) in [4.78, 5) is 24.0. The van der Waals surface area contributed by atoms with Crippen LogP contribution in [0.25, 0.3) is 0 Å². The summed E-state index contributed by atoms with van der Waals surface area (Å²) >= 11 is 0. The fourth-order valence-electron chi connectivity index (χ4n) is 2.11. The second kappa shape index (κ2) is 7.11. The zero-order chi connectivity index (χ0) is 16.1. The van der Waals surface area contributed by atoms with Gasteiger partial charge in [-0.05, 0) is 18.3 Å². The minimum absolute atomic E-state index is 0.0184. The monoisotopic (exact) mass is 320 g/mol. The van der Waals surface area contributed by atoms with Crippen LogP contribution in [-0.4, -0.2) is 61.6 Å². The summed E-state index contributed by atoms with van der Waals surface area (Å²) in [6.07, 6.45) is 1.35. The Balaban J connectivity index is 2.29. The average molecular weight is 320 g/mol. The highest BCUT2D eigenvalue weighted by Gasteiger charge is 2.25. The van der Waals surface area contributed by atoms with Gasteiger partial charge in [-0.3, -0.25) is 4.79 Å². The van der Waals surface area contributed by atoms with Crippen LogP contribution in [0.3, 0.4) is 0 Å². The molecule has 0 aromatic heterocycles. The lowest BCUT2D eigenvalue weighted by atomic mass is 9.84. The van der Waals surface area contributed by atoms with Gasteiger partial charge in [0.1, 0.15) is 0 Å². The molecule has 0 aliphatic carbocycles. The maximum absolute atomic E-state index is 11.9. The Morgan fingerprint density at radius 1 is 1.19 bits per heavy atom. The number of urea groups is 1. The highest BCUT2D eigenvalue weighted by Crippen LogP contribution is 2.26. The molecule has 1 saturated heterocycles. The standard InChI is InChI=1S/C13H24N2O5S/c1-13(2,4-3-11(16)17)5-6-14-12(18)15-7-9-21(19,20)10-8-15/h3-10H2,1-2H3,(H,14,18)(H,16,17). The van der Waals surface area contributed by atoms with Crippen molar-refractivity contribution in [2.45, 2.75) is 33.1 Å². The van der Waals surface area contributed by atoms with Crippen LogP contribution >= 0.6 is 0 Å². The first-order chi connectivity index (χ1) is 9.61. The van der Waals surface area contributed by atoms with E-state index in [1.807, 2.05) is 13.8 Å². The Morgan fingerprint density at radius 2 is 1.76 bits per heavy atom. The highest BCUT2D eigenvalue weighted by atomic mass is 32.2. The van der Waals surface area contributed by atoms with E-state index in [4.69, 9.17) is 5.11 Å². The molecule has 0 aromatic carbocycles. The van der Waals surface area contributed by atoms with Gasteiger partial charge in [-0.25, -0.2) is 13.2 Å².